The molecule has 0 aromatic rings. The standard InChI is InChI=1S/C15H22O4/c1-5-18-14(16)12-10(4)8(2)6-11-9(3)7-19-15(17)13(11)12/h6,9-13H,5,7H2,1-4H3/t9-,10-,11-,12-,13+/m1/s1. The van der Waals surface area contributed by atoms with Crippen LogP contribution in [0, 0.1) is 29.6 Å². The molecule has 4 nitrogen and oxygen atoms in total. The Morgan fingerprint density at radius 3 is 2.79 bits per heavy atom. The van der Waals surface area contributed by atoms with E-state index < -0.39 is 5.92 Å². The summed E-state index contributed by atoms with van der Waals surface area (Å²) >= 11 is 0. The fourth-order valence-corrected chi connectivity index (χ4v) is 3.22. The number of rotatable bonds is 2. The summed E-state index contributed by atoms with van der Waals surface area (Å²) in [6, 6.07) is 0. The van der Waals surface area contributed by atoms with E-state index in [1.54, 1.807) is 6.92 Å². The molecule has 1 aliphatic carbocycles. The molecule has 1 fully saturated rings. The van der Waals surface area contributed by atoms with Crippen LogP contribution in [-0.2, 0) is 19.1 Å². The predicted octanol–water partition coefficient (Wildman–Crippen LogP) is 2.19. The van der Waals surface area contributed by atoms with Gasteiger partial charge in [0.05, 0.1) is 25.0 Å². The number of carbonyl (C=O) groups is 2. The van der Waals surface area contributed by atoms with Crippen LogP contribution < -0.4 is 0 Å². The number of esters is 2. The normalized spacial score (nSPS) is 38.0. The summed E-state index contributed by atoms with van der Waals surface area (Å²) in [5.74, 6) is -0.959. The van der Waals surface area contributed by atoms with E-state index in [4.69, 9.17) is 9.47 Å². The molecule has 1 saturated heterocycles. The molecule has 0 aromatic carbocycles. The number of cyclic esters (lactones) is 1. The van der Waals surface area contributed by atoms with Crippen LogP contribution in [0.15, 0.2) is 11.6 Å². The minimum Gasteiger partial charge on any atom is -0.466 e. The van der Waals surface area contributed by atoms with E-state index in [0.29, 0.717) is 13.2 Å². The third kappa shape index (κ3) is 2.40. The third-order valence-corrected chi connectivity index (χ3v) is 4.49. The maximum Gasteiger partial charge on any atom is 0.310 e. The lowest BCUT2D eigenvalue weighted by molar-refractivity contribution is -0.173. The minimum atomic E-state index is -0.412. The highest BCUT2D eigenvalue weighted by Gasteiger charge is 2.50. The molecule has 0 unspecified atom stereocenters. The molecule has 4 heteroatoms. The van der Waals surface area contributed by atoms with Gasteiger partial charge in [0.1, 0.15) is 0 Å². The maximum atomic E-state index is 12.2. The SMILES string of the molecule is CCOC(=O)[C@H]1[C@H]2C(=O)OC[C@@H](C)[C@H]2C=C(C)[C@H]1C. The molecule has 0 radical (unpaired) electrons. The van der Waals surface area contributed by atoms with Gasteiger partial charge in [-0.2, -0.15) is 0 Å². The van der Waals surface area contributed by atoms with Gasteiger partial charge in [-0.15, -0.1) is 0 Å². The summed E-state index contributed by atoms with van der Waals surface area (Å²) in [7, 11) is 0. The van der Waals surface area contributed by atoms with Crippen LogP contribution in [0.1, 0.15) is 27.7 Å². The fourth-order valence-electron chi connectivity index (χ4n) is 3.22. The van der Waals surface area contributed by atoms with Gasteiger partial charge in [0.25, 0.3) is 0 Å². The van der Waals surface area contributed by atoms with Gasteiger partial charge in [-0.05, 0) is 31.6 Å². The van der Waals surface area contributed by atoms with Crippen molar-refractivity contribution < 1.29 is 19.1 Å². The monoisotopic (exact) mass is 266 g/mol. The van der Waals surface area contributed by atoms with Crippen molar-refractivity contribution in [2.45, 2.75) is 27.7 Å². The Hall–Kier alpha value is -1.32. The van der Waals surface area contributed by atoms with Crippen LogP contribution in [0.5, 0.6) is 0 Å². The van der Waals surface area contributed by atoms with E-state index in [-0.39, 0.29) is 35.6 Å². The summed E-state index contributed by atoms with van der Waals surface area (Å²) in [5, 5.41) is 0. The van der Waals surface area contributed by atoms with Crippen molar-refractivity contribution in [1.29, 1.82) is 0 Å². The van der Waals surface area contributed by atoms with E-state index in [0.717, 1.165) is 0 Å². The first-order chi connectivity index (χ1) is 8.97. The van der Waals surface area contributed by atoms with Gasteiger partial charge in [-0.3, -0.25) is 9.59 Å². The van der Waals surface area contributed by atoms with Crippen molar-refractivity contribution >= 4 is 11.9 Å². The van der Waals surface area contributed by atoms with E-state index >= 15 is 0 Å². The number of fused-ring (bicyclic) bond motifs is 1. The lowest BCUT2D eigenvalue weighted by atomic mass is 9.64. The van der Waals surface area contributed by atoms with Crippen LogP contribution >= 0.6 is 0 Å². The van der Waals surface area contributed by atoms with Crippen molar-refractivity contribution in [3.05, 3.63) is 11.6 Å². The maximum absolute atomic E-state index is 12.2. The third-order valence-electron chi connectivity index (χ3n) is 4.49. The highest BCUT2D eigenvalue weighted by atomic mass is 16.5. The molecule has 0 saturated carbocycles. The fraction of sp³-hybridized carbons (Fsp3) is 0.733. The predicted molar refractivity (Wildman–Crippen MR) is 70.1 cm³/mol. The summed E-state index contributed by atoms with van der Waals surface area (Å²) < 4.78 is 10.4. The summed E-state index contributed by atoms with van der Waals surface area (Å²) in [4.78, 5) is 24.3. The number of allylic oxidation sites excluding steroid dienone is 2. The van der Waals surface area contributed by atoms with Crippen LogP contribution in [0.2, 0.25) is 0 Å². The van der Waals surface area contributed by atoms with Gasteiger partial charge in [0, 0.05) is 0 Å². The summed E-state index contributed by atoms with van der Waals surface area (Å²) in [6.45, 7) is 8.63. The van der Waals surface area contributed by atoms with Crippen LogP contribution in [-0.4, -0.2) is 25.2 Å². The van der Waals surface area contributed by atoms with Gasteiger partial charge in [0.15, 0.2) is 0 Å². The average molecular weight is 266 g/mol. The molecule has 0 bridgehead atoms. The minimum absolute atomic E-state index is 0.0261. The second-order valence-corrected chi connectivity index (χ2v) is 5.69. The van der Waals surface area contributed by atoms with Gasteiger partial charge < -0.3 is 9.47 Å². The molecule has 0 amide bonds. The van der Waals surface area contributed by atoms with E-state index in [1.165, 1.54) is 5.57 Å². The molecule has 2 aliphatic rings. The molecule has 106 valence electrons. The van der Waals surface area contributed by atoms with Crippen molar-refractivity contribution in [3.63, 3.8) is 0 Å². The molecule has 19 heavy (non-hydrogen) atoms. The first kappa shape index (κ1) is 14.1. The van der Waals surface area contributed by atoms with Crippen molar-refractivity contribution in [2.24, 2.45) is 29.6 Å². The highest BCUT2D eigenvalue weighted by Crippen LogP contribution is 2.44. The molecule has 0 N–H and O–H groups in total. The first-order valence-electron chi connectivity index (χ1n) is 6.99. The lowest BCUT2D eigenvalue weighted by Gasteiger charge is -2.42. The Labute approximate surface area is 114 Å². The van der Waals surface area contributed by atoms with E-state index in [2.05, 4.69) is 13.0 Å². The zero-order valence-electron chi connectivity index (χ0n) is 12.0. The second-order valence-electron chi connectivity index (χ2n) is 5.69. The van der Waals surface area contributed by atoms with E-state index in [1.807, 2.05) is 13.8 Å². The van der Waals surface area contributed by atoms with Crippen LogP contribution in [0.25, 0.3) is 0 Å². The average Bonchev–Trinajstić information content (AvgIpc) is 2.36. The van der Waals surface area contributed by atoms with Crippen molar-refractivity contribution in [1.82, 2.24) is 0 Å². The molecule has 0 spiro atoms. The quantitative estimate of drug-likeness (QED) is 0.568. The number of hydrogen-bond acceptors (Lipinski definition) is 4. The molecule has 0 aromatic heterocycles. The van der Waals surface area contributed by atoms with Crippen LogP contribution in [0.3, 0.4) is 0 Å². The van der Waals surface area contributed by atoms with Gasteiger partial charge >= 0.3 is 11.9 Å². The number of ether oxygens (including phenoxy) is 2. The van der Waals surface area contributed by atoms with Crippen molar-refractivity contribution in [2.75, 3.05) is 13.2 Å². The molecule has 2 rings (SSSR count). The first-order valence-corrected chi connectivity index (χ1v) is 6.99. The smallest absolute Gasteiger partial charge is 0.310 e. The molecular weight excluding hydrogens is 244 g/mol. The lowest BCUT2D eigenvalue weighted by Crippen LogP contribution is -2.49. The topological polar surface area (TPSA) is 52.6 Å². The number of hydrogen-bond donors (Lipinski definition) is 0. The van der Waals surface area contributed by atoms with Crippen LogP contribution in [0.4, 0.5) is 0 Å². The largest absolute Gasteiger partial charge is 0.466 e. The Morgan fingerprint density at radius 1 is 1.47 bits per heavy atom. The zero-order valence-corrected chi connectivity index (χ0v) is 12.0. The molecule has 1 aliphatic heterocycles. The van der Waals surface area contributed by atoms with Crippen molar-refractivity contribution in [3.8, 4) is 0 Å². The van der Waals surface area contributed by atoms with E-state index in [9.17, 15) is 9.59 Å². The molecule has 5 atom stereocenters. The Kier molecular flexibility index (Phi) is 3.97. The highest BCUT2D eigenvalue weighted by molar-refractivity contribution is 5.84. The molecule has 1 heterocycles. The zero-order chi connectivity index (χ0) is 14.2. The Balaban J connectivity index is 2.37. The van der Waals surface area contributed by atoms with Gasteiger partial charge in [0.2, 0.25) is 0 Å². The van der Waals surface area contributed by atoms with Gasteiger partial charge in [-0.25, -0.2) is 0 Å². The number of carbonyl (C=O) groups excluding carboxylic acids is 2. The molecular formula is C15H22O4. The van der Waals surface area contributed by atoms with Gasteiger partial charge in [-0.1, -0.05) is 25.5 Å². The Bertz CT molecular complexity index is 412. The summed E-state index contributed by atoms with van der Waals surface area (Å²) in [5.41, 5.74) is 1.17. The second kappa shape index (κ2) is 5.35. The summed E-state index contributed by atoms with van der Waals surface area (Å²) in [6.07, 6.45) is 2.15. The Morgan fingerprint density at radius 2 is 2.16 bits per heavy atom.